The lowest BCUT2D eigenvalue weighted by molar-refractivity contribution is 0.0689. The largest absolute Gasteiger partial charge is 0.382 e. The molecule has 0 unspecified atom stereocenters. The highest BCUT2D eigenvalue weighted by atomic mass is 127. The Morgan fingerprint density at radius 3 is 2.14 bits per heavy atom. The molecule has 0 atom stereocenters. The van der Waals surface area contributed by atoms with Gasteiger partial charge in [0.05, 0.1) is 13.2 Å². The number of unbranched alkanes of at least 4 members (excludes halogenated alkanes) is 2. The smallest absolute Gasteiger partial charge is 0.190 e. The zero-order valence-electron chi connectivity index (χ0n) is 14.8. The molecule has 22 heavy (non-hydrogen) atoms. The number of guanidine groups is 1. The average molecular weight is 429 g/mol. The number of halogens is 1. The zero-order valence-corrected chi connectivity index (χ0v) is 17.2. The molecule has 0 bridgehead atoms. The number of hydrogen-bond donors (Lipinski definition) is 2. The molecule has 2 N–H and O–H groups in total. The number of aliphatic imine (C=N–C) groups is 1. The van der Waals surface area contributed by atoms with Gasteiger partial charge in [0.1, 0.15) is 0 Å². The highest BCUT2D eigenvalue weighted by Gasteiger charge is 1.98. The Labute approximate surface area is 154 Å². The summed E-state index contributed by atoms with van der Waals surface area (Å²) in [4.78, 5) is 4.23. The Morgan fingerprint density at radius 2 is 1.59 bits per heavy atom. The highest BCUT2D eigenvalue weighted by Crippen LogP contribution is 2.04. The number of nitrogens with one attached hydrogen (secondary N) is 2. The van der Waals surface area contributed by atoms with Gasteiger partial charge in [0.2, 0.25) is 0 Å². The summed E-state index contributed by atoms with van der Waals surface area (Å²) < 4.78 is 10.3. The SMILES string of the molecule is CN=C(NCCCCOCCOC)NCCCCC(C)C.I. The predicted octanol–water partition coefficient (Wildman–Crippen LogP) is 3.04. The van der Waals surface area contributed by atoms with E-state index in [2.05, 4.69) is 29.5 Å². The second-order valence-electron chi connectivity index (χ2n) is 5.63. The minimum absolute atomic E-state index is 0. The van der Waals surface area contributed by atoms with Gasteiger partial charge in [-0.15, -0.1) is 24.0 Å². The van der Waals surface area contributed by atoms with Crippen LogP contribution < -0.4 is 10.6 Å². The average Bonchev–Trinajstić information content (AvgIpc) is 2.47. The number of methoxy groups -OCH3 is 1. The van der Waals surface area contributed by atoms with Crippen molar-refractivity contribution in [1.82, 2.24) is 10.6 Å². The van der Waals surface area contributed by atoms with Crippen molar-refractivity contribution in [2.45, 2.75) is 46.0 Å². The number of rotatable bonds is 13. The molecule has 0 aliphatic rings. The van der Waals surface area contributed by atoms with Gasteiger partial charge in [-0.2, -0.15) is 0 Å². The van der Waals surface area contributed by atoms with Crippen LogP contribution in [0.3, 0.4) is 0 Å². The van der Waals surface area contributed by atoms with E-state index >= 15 is 0 Å². The van der Waals surface area contributed by atoms with Crippen molar-refractivity contribution >= 4 is 29.9 Å². The fourth-order valence-electron chi connectivity index (χ4n) is 1.89. The van der Waals surface area contributed by atoms with Crippen LogP contribution in [0, 0.1) is 5.92 Å². The molecule has 0 aliphatic carbocycles. The lowest BCUT2D eigenvalue weighted by atomic mass is 10.1. The van der Waals surface area contributed by atoms with Gasteiger partial charge in [0.15, 0.2) is 5.96 Å². The monoisotopic (exact) mass is 429 g/mol. The van der Waals surface area contributed by atoms with Crippen LogP contribution in [0.1, 0.15) is 46.0 Å². The van der Waals surface area contributed by atoms with E-state index in [1.54, 1.807) is 7.11 Å². The number of nitrogens with zero attached hydrogens (tertiary/aromatic N) is 1. The molecule has 0 aliphatic heterocycles. The Kier molecular flexibility index (Phi) is 20.8. The molecular weight excluding hydrogens is 393 g/mol. The summed E-state index contributed by atoms with van der Waals surface area (Å²) in [6, 6.07) is 0. The van der Waals surface area contributed by atoms with Crippen molar-refractivity contribution in [1.29, 1.82) is 0 Å². The topological polar surface area (TPSA) is 54.9 Å². The van der Waals surface area contributed by atoms with Crippen molar-refractivity contribution < 1.29 is 9.47 Å². The van der Waals surface area contributed by atoms with Crippen molar-refractivity contribution in [2.24, 2.45) is 10.9 Å². The van der Waals surface area contributed by atoms with Gasteiger partial charge in [0, 0.05) is 33.9 Å². The summed E-state index contributed by atoms with van der Waals surface area (Å²) in [5, 5.41) is 6.68. The van der Waals surface area contributed by atoms with Crippen LogP contribution >= 0.6 is 24.0 Å². The van der Waals surface area contributed by atoms with E-state index in [0.29, 0.717) is 13.2 Å². The van der Waals surface area contributed by atoms with Crippen LogP contribution in [0.25, 0.3) is 0 Å². The molecule has 5 nitrogen and oxygen atoms in total. The fraction of sp³-hybridized carbons (Fsp3) is 0.938. The second-order valence-corrected chi connectivity index (χ2v) is 5.63. The van der Waals surface area contributed by atoms with E-state index in [1.807, 2.05) is 7.05 Å². The molecule has 0 aromatic heterocycles. The maximum Gasteiger partial charge on any atom is 0.190 e. The molecule has 0 heterocycles. The molecule has 134 valence electrons. The molecule has 0 rings (SSSR count). The Hall–Kier alpha value is -0.0800. The number of hydrogen-bond acceptors (Lipinski definition) is 3. The Balaban J connectivity index is 0. The molecule has 0 radical (unpaired) electrons. The van der Waals surface area contributed by atoms with Crippen LogP contribution in [-0.2, 0) is 9.47 Å². The molecular formula is C16H36IN3O2. The minimum Gasteiger partial charge on any atom is -0.382 e. The third kappa shape index (κ3) is 18.0. The summed E-state index contributed by atoms with van der Waals surface area (Å²) in [5.74, 6) is 1.70. The van der Waals surface area contributed by atoms with Crippen molar-refractivity contribution in [3.05, 3.63) is 0 Å². The summed E-state index contributed by atoms with van der Waals surface area (Å²) in [6.07, 6.45) is 5.92. The molecule has 0 amide bonds. The third-order valence-corrected chi connectivity index (χ3v) is 3.16. The third-order valence-electron chi connectivity index (χ3n) is 3.16. The lowest BCUT2D eigenvalue weighted by Gasteiger charge is -2.12. The minimum atomic E-state index is 0. The molecule has 0 fully saturated rings. The normalized spacial score (nSPS) is 11.4. The quantitative estimate of drug-likeness (QED) is 0.205. The van der Waals surface area contributed by atoms with Gasteiger partial charge in [0.25, 0.3) is 0 Å². The van der Waals surface area contributed by atoms with Crippen LogP contribution in [0.5, 0.6) is 0 Å². The van der Waals surface area contributed by atoms with E-state index in [1.165, 1.54) is 19.3 Å². The summed E-state index contributed by atoms with van der Waals surface area (Å²) in [7, 11) is 3.51. The van der Waals surface area contributed by atoms with E-state index in [9.17, 15) is 0 Å². The van der Waals surface area contributed by atoms with Crippen LogP contribution in [0.2, 0.25) is 0 Å². The van der Waals surface area contributed by atoms with Gasteiger partial charge in [-0.1, -0.05) is 26.7 Å². The van der Waals surface area contributed by atoms with Gasteiger partial charge in [-0.25, -0.2) is 0 Å². The molecule has 0 saturated heterocycles. The van der Waals surface area contributed by atoms with Crippen LogP contribution in [0.15, 0.2) is 4.99 Å². The molecule has 0 spiro atoms. The fourth-order valence-corrected chi connectivity index (χ4v) is 1.89. The van der Waals surface area contributed by atoms with E-state index < -0.39 is 0 Å². The number of ether oxygens (including phenoxy) is 2. The van der Waals surface area contributed by atoms with E-state index in [0.717, 1.165) is 44.4 Å². The first kappa shape index (κ1) is 24.2. The predicted molar refractivity (Wildman–Crippen MR) is 105 cm³/mol. The Morgan fingerprint density at radius 1 is 0.955 bits per heavy atom. The van der Waals surface area contributed by atoms with Gasteiger partial charge >= 0.3 is 0 Å². The van der Waals surface area contributed by atoms with Crippen molar-refractivity contribution in [3.63, 3.8) is 0 Å². The molecule has 0 saturated carbocycles. The second kappa shape index (κ2) is 19.0. The maximum atomic E-state index is 5.42. The Bertz CT molecular complexity index is 252. The molecule has 6 heteroatoms. The molecule has 0 aromatic rings. The first-order valence-electron chi connectivity index (χ1n) is 8.22. The van der Waals surface area contributed by atoms with Gasteiger partial charge in [-0.05, 0) is 25.2 Å². The van der Waals surface area contributed by atoms with Gasteiger partial charge < -0.3 is 20.1 Å². The van der Waals surface area contributed by atoms with E-state index in [4.69, 9.17) is 9.47 Å². The maximum absolute atomic E-state index is 5.42. The first-order valence-corrected chi connectivity index (χ1v) is 8.22. The van der Waals surface area contributed by atoms with Gasteiger partial charge in [-0.3, -0.25) is 4.99 Å². The van der Waals surface area contributed by atoms with E-state index in [-0.39, 0.29) is 24.0 Å². The van der Waals surface area contributed by atoms with Crippen molar-refractivity contribution in [3.8, 4) is 0 Å². The van der Waals surface area contributed by atoms with Crippen LogP contribution in [0.4, 0.5) is 0 Å². The van der Waals surface area contributed by atoms with Crippen molar-refractivity contribution in [2.75, 3.05) is 47.1 Å². The zero-order chi connectivity index (χ0) is 15.8. The van der Waals surface area contributed by atoms with Crippen LogP contribution in [-0.4, -0.2) is 53.0 Å². The summed E-state index contributed by atoms with van der Waals surface area (Å²) in [5.41, 5.74) is 0. The summed E-state index contributed by atoms with van der Waals surface area (Å²) in [6.45, 7) is 8.62. The molecule has 0 aromatic carbocycles. The summed E-state index contributed by atoms with van der Waals surface area (Å²) >= 11 is 0. The highest BCUT2D eigenvalue weighted by molar-refractivity contribution is 14.0. The first-order chi connectivity index (χ1) is 10.2. The standard InChI is InChI=1S/C16H35N3O2.HI/c1-15(2)9-5-6-10-18-16(17-3)19-11-7-8-12-21-14-13-20-4;/h15H,5-14H2,1-4H3,(H2,17,18,19);1H. The lowest BCUT2D eigenvalue weighted by Crippen LogP contribution is -2.38.